The second-order valence-electron chi connectivity index (χ2n) is 10.1. The highest BCUT2D eigenvalue weighted by atomic mass is 35.5. The second-order valence-corrected chi connectivity index (χ2v) is 12.4. The summed E-state index contributed by atoms with van der Waals surface area (Å²) in [5.41, 5.74) is 1.13. The number of nitrogens with one attached hydrogen (secondary N) is 1. The van der Waals surface area contributed by atoms with Gasteiger partial charge in [-0.2, -0.15) is 0 Å². The predicted octanol–water partition coefficient (Wildman–Crippen LogP) is 5.41. The molecule has 0 unspecified atom stereocenters. The van der Waals surface area contributed by atoms with E-state index >= 15 is 0 Å². The third kappa shape index (κ3) is 7.59. The quantitative estimate of drug-likeness (QED) is 0.301. The van der Waals surface area contributed by atoms with E-state index in [0.717, 1.165) is 35.6 Å². The van der Waals surface area contributed by atoms with Crippen LogP contribution in [0.1, 0.15) is 44.6 Å². The molecular weight excluding hydrogens is 562 g/mol. The molecular formula is C31H36ClN3O5S. The van der Waals surface area contributed by atoms with Crippen molar-refractivity contribution in [3.05, 3.63) is 89.4 Å². The van der Waals surface area contributed by atoms with Crippen molar-refractivity contribution in [2.75, 3.05) is 18.0 Å². The number of benzene rings is 3. The van der Waals surface area contributed by atoms with Gasteiger partial charge in [-0.25, -0.2) is 8.42 Å². The van der Waals surface area contributed by atoms with Gasteiger partial charge in [0.2, 0.25) is 11.8 Å². The predicted molar refractivity (Wildman–Crippen MR) is 160 cm³/mol. The van der Waals surface area contributed by atoms with Gasteiger partial charge in [0.15, 0.2) is 0 Å². The van der Waals surface area contributed by atoms with E-state index in [4.69, 9.17) is 16.3 Å². The van der Waals surface area contributed by atoms with Crippen LogP contribution in [0.2, 0.25) is 5.02 Å². The van der Waals surface area contributed by atoms with E-state index in [-0.39, 0.29) is 23.4 Å². The number of rotatable bonds is 12. The topological polar surface area (TPSA) is 96.0 Å². The van der Waals surface area contributed by atoms with Crippen molar-refractivity contribution < 1.29 is 22.7 Å². The van der Waals surface area contributed by atoms with Crippen LogP contribution in [0.4, 0.5) is 5.69 Å². The molecule has 0 aliphatic heterocycles. The van der Waals surface area contributed by atoms with E-state index in [1.165, 1.54) is 29.2 Å². The van der Waals surface area contributed by atoms with Crippen molar-refractivity contribution in [3.8, 4) is 5.75 Å². The standard InChI is InChI=1S/C31H36ClN3O5S/c1-3-29(31(37)33-25-9-7-8-10-25)34(21-23-13-17-27(40-2)18-14-23)30(36)22-35(26-11-5-4-6-12-26)41(38,39)28-19-15-24(32)16-20-28/h4-6,11-20,25,29H,3,7-10,21-22H2,1-2H3,(H,33,37)/t29-/m0/s1. The summed E-state index contributed by atoms with van der Waals surface area (Å²) in [5, 5.41) is 3.52. The van der Waals surface area contributed by atoms with Gasteiger partial charge in [0, 0.05) is 17.6 Å². The Morgan fingerprint density at radius 2 is 1.61 bits per heavy atom. The molecule has 0 radical (unpaired) electrons. The van der Waals surface area contributed by atoms with Crippen LogP contribution < -0.4 is 14.4 Å². The number of amides is 2. The molecule has 41 heavy (non-hydrogen) atoms. The third-order valence-corrected chi connectivity index (χ3v) is 9.36. The van der Waals surface area contributed by atoms with Crippen molar-refractivity contribution in [3.63, 3.8) is 0 Å². The van der Waals surface area contributed by atoms with Gasteiger partial charge >= 0.3 is 0 Å². The van der Waals surface area contributed by atoms with Crippen molar-refractivity contribution in [2.45, 2.75) is 62.6 Å². The minimum atomic E-state index is -4.14. The van der Waals surface area contributed by atoms with Crippen molar-refractivity contribution >= 4 is 39.1 Å². The average Bonchev–Trinajstić information content (AvgIpc) is 3.49. The summed E-state index contributed by atoms with van der Waals surface area (Å²) in [7, 11) is -2.57. The molecule has 3 aromatic rings. The maximum atomic E-state index is 14.1. The average molecular weight is 598 g/mol. The first-order valence-corrected chi connectivity index (χ1v) is 15.6. The van der Waals surface area contributed by atoms with Crippen LogP contribution in [-0.2, 0) is 26.2 Å². The number of hydrogen-bond donors (Lipinski definition) is 1. The number of hydrogen-bond acceptors (Lipinski definition) is 5. The van der Waals surface area contributed by atoms with Gasteiger partial charge in [0.25, 0.3) is 10.0 Å². The van der Waals surface area contributed by atoms with Crippen LogP contribution in [0.3, 0.4) is 0 Å². The number of halogens is 1. The molecule has 218 valence electrons. The van der Waals surface area contributed by atoms with E-state index in [1.54, 1.807) is 49.6 Å². The SMILES string of the molecule is CC[C@@H](C(=O)NC1CCCC1)N(Cc1ccc(OC)cc1)C(=O)CN(c1ccccc1)S(=O)(=O)c1ccc(Cl)cc1. The Balaban J connectivity index is 1.69. The summed E-state index contributed by atoms with van der Waals surface area (Å²) in [6.07, 6.45) is 4.32. The first-order valence-electron chi connectivity index (χ1n) is 13.8. The van der Waals surface area contributed by atoms with Crippen molar-refractivity contribution in [1.82, 2.24) is 10.2 Å². The summed E-state index contributed by atoms with van der Waals surface area (Å²) < 4.78 is 34.1. The third-order valence-electron chi connectivity index (χ3n) is 7.32. The number of ether oxygens (including phenoxy) is 1. The van der Waals surface area contributed by atoms with Crippen LogP contribution in [-0.4, -0.2) is 50.9 Å². The molecule has 1 saturated carbocycles. The highest BCUT2D eigenvalue weighted by molar-refractivity contribution is 7.92. The van der Waals surface area contributed by atoms with E-state index < -0.39 is 28.5 Å². The van der Waals surface area contributed by atoms with Gasteiger partial charge in [-0.3, -0.25) is 13.9 Å². The lowest BCUT2D eigenvalue weighted by Gasteiger charge is -2.33. The molecule has 4 rings (SSSR count). The number of carbonyl (C=O) groups is 2. The molecule has 1 atom stereocenters. The summed E-state index contributed by atoms with van der Waals surface area (Å²) in [6.45, 7) is 1.49. The fraction of sp³-hybridized carbons (Fsp3) is 0.355. The van der Waals surface area contributed by atoms with Crippen LogP contribution in [0.5, 0.6) is 5.75 Å². The van der Waals surface area contributed by atoms with Gasteiger partial charge < -0.3 is 15.0 Å². The molecule has 3 aromatic carbocycles. The van der Waals surface area contributed by atoms with Crippen molar-refractivity contribution in [2.24, 2.45) is 0 Å². The van der Waals surface area contributed by atoms with Gasteiger partial charge in [0.05, 0.1) is 17.7 Å². The number of carbonyl (C=O) groups excluding carboxylic acids is 2. The number of anilines is 1. The maximum Gasteiger partial charge on any atom is 0.264 e. The second kappa shape index (κ2) is 13.9. The van der Waals surface area contributed by atoms with E-state index in [0.29, 0.717) is 22.9 Å². The Bertz CT molecular complexity index is 1410. The summed E-state index contributed by atoms with van der Waals surface area (Å²) in [4.78, 5) is 29.1. The highest BCUT2D eigenvalue weighted by Gasteiger charge is 2.34. The lowest BCUT2D eigenvalue weighted by atomic mass is 10.1. The molecule has 1 N–H and O–H groups in total. The molecule has 0 aromatic heterocycles. The number of methoxy groups -OCH3 is 1. The molecule has 1 fully saturated rings. The lowest BCUT2D eigenvalue weighted by Crippen LogP contribution is -2.53. The van der Waals surface area contributed by atoms with E-state index in [1.807, 2.05) is 19.1 Å². The van der Waals surface area contributed by atoms with Crippen LogP contribution >= 0.6 is 11.6 Å². The zero-order chi connectivity index (χ0) is 29.4. The van der Waals surface area contributed by atoms with E-state index in [9.17, 15) is 18.0 Å². The van der Waals surface area contributed by atoms with E-state index in [2.05, 4.69) is 5.32 Å². The first-order chi connectivity index (χ1) is 19.7. The van der Waals surface area contributed by atoms with Crippen LogP contribution in [0, 0.1) is 0 Å². The summed E-state index contributed by atoms with van der Waals surface area (Å²) in [5.74, 6) is -0.0503. The Hall–Kier alpha value is -3.56. The first kappa shape index (κ1) is 30.4. The number of nitrogens with zero attached hydrogens (tertiary/aromatic N) is 2. The summed E-state index contributed by atoms with van der Waals surface area (Å²) >= 11 is 6.01. The molecule has 0 saturated heterocycles. The van der Waals surface area contributed by atoms with Gasteiger partial charge in [-0.1, -0.05) is 61.7 Å². The maximum absolute atomic E-state index is 14.1. The molecule has 8 nitrogen and oxygen atoms in total. The van der Waals surface area contributed by atoms with Gasteiger partial charge in [-0.05, 0) is 73.4 Å². The van der Waals surface area contributed by atoms with Gasteiger partial charge in [0.1, 0.15) is 18.3 Å². The minimum Gasteiger partial charge on any atom is -0.497 e. The fourth-order valence-electron chi connectivity index (χ4n) is 5.07. The molecule has 0 spiro atoms. The molecule has 1 aliphatic rings. The summed E-state index contributed by atoms with van der Waals surface area (Å²) in [6, 6.07) is 20.8. The smallest absolute Gasteiger partial charge is 0.264 e. The van der Waals surface area contributed by atoms with Crippen molar-refractivity contribution in [1.29, 1.82) is 0 Å². The molecule has 0 bridgehead atoms. The fourth-order valence-corrected chi connectivity index (χ4v) is 6.61. The number of sulfonamides is 1. The van der Waals surface area contributed by atoms with Crippen LogP contribution in [0.25, 0.3) is 0 Å². The molecule has 2 amide bonds. The highest BCUT2D eigenvalue weighted by Crippen LogP contribution is 2.26. The number of para-hydroxylation sites is 1. The molecule has 10 heteroatoms. The lowest BCUT2D eigenvalue weighted by molar-refractivity contribution is -0.140. The monoisotopic (exact) mass is 597 g/mol. The zero-order valence-electron chi connectivity index (χ0n) is 23.3. The largest absolute Gasteiger partial charge is 0.497 e. The normalized spacial score (nSPS) is 14.3. The Kier molecular flexibility index (Phi) is 10.3. The van der Waals surface area contributed by atoms with Crippen LogP contribution in [0.15, 0.2) is 83.8 Å². The Morgan fingerprint density at radius 3 is 2.20 bits per heavy atom. The minimum absolute atomic E-state index is 0.00581. The van der Waals surface area contributed by atoms with Gasteiger partial charge in [-0.15, -0.1) is 0 Å². The molecule has 0 heterocycles. The Morgan fingerprint density at radius 1 is 0.976 bits per heavy atom. The molecule has 1 aliphatic carbocycles. The Labute approximate surface area is 247 Å². The zero-order valence-corrected chi connectivity index (χ0v) is 24.9.